The van der Waals surface area contributed by atoms with Gasteiger partial charge in [-0.2, -0.15) is 0 Å². The van der Waals surface area contributed by atoms with Gasteiger partial charge in [-0.15, -0.1) is 0 Å². The molecule has 0 spiro atoms. The maximum Gasteiger partial charge on any atom is 0.340 e. The largest absolute Gasteiger partial charge is 0.462 e. The minimum absolute atomic E-state index is 0.0216. The summed E-state index contributed by atoms with van der Waals surface area (Å²) < 4.78 is 35.6. The summed E-state index contributed by atoms with van der Waals surface area (Å²) in [6.07, 6.45) is 0. The number of aromatic amines is 1. The fourth-order valence-corrected chi connectivity index (χ4v) is 3.97. The number of halogens is 1. The van der Waals surface area contributed by atoms with E-state index >= 15 is 0 Å². The van der Waals surface area contributed by atoms with Crippen LogP contribution in [0.1, 0.15) is 49.4 Å². The molecule has 0 atom stereocenters. The number of esters is 2. The first-order valence-corrected chi connectivity index (χ1v) is 11.0. The van der Waals surface area contributed by atoms with Crippen molar-refractivity contribution in [1.29, 1.82) is 0 Å². The molecule has 0 aliphatic heterocycles. The van der Waals surface area contributed by atoms with Crippen LogP contribution in [0.4, 0.5) is 0 Å². The van der Waals surface area contributed by atoms with Gasteiger partial charge in [0.25, 0.3) is 0 Å². The summed E-state index contributed by atoms with van der Waals surface area (Å²) in [5, 5.41) is -0.0216. The fourth-order valence-electron chi connectivity index (χ4n) is 2.85. The topological polar surface area (TPSA) is 123 Å². The number of ether oxygens (including phenoxy) is 2. The Kier molecular flexibility index (Phi) is 7.63. The molecule has 168 valence electrons. The highest BCUT2D eigenvalue weighted by molar-refractivity contribution is 7.89. The normalized spacial score (nSPS) is 11.5. The summed E-state index contributed by atoms with van der Waals surface area (Å²) in [5.74, 6) is -2.09. The predicted molar refractivity (Wildman–Crippen MR) is 113 cm³/mol. The van der Waals surface area contributed by atoms with Crippen molar-refractivity contribution in [3.63, 3.8) is 0 Å². The zero-order chi connectivity index (χ0) is 23.5. The van der Waals surface area contributed by atoms with Crippen molar-refractivity contribution in [2.45, 2.75) is 25.7 Å². The van der Waals surface area contributed by atoms with Gasteiger partial charge < -0.3 is 14.5 Å². The molecular formula is C20H23ClN2O7S. The highest BCUT2D eigenvalue weighted by Crippen LogP contribution is 2.24. The molecule has 2 rings (SSSR count). The first-order chi connectivity index (χ1) is 14.4. The highest BCUT2D eigenvalue weighted by Gasteiger charge is 2.25. The van der Waals surface area contributed by atoms with Crippen LogP contribution in [-0.2, 0) is 19.5 Å². The SMILES string of the molecule is CCOC(=O)c1c(C)[nH]c(C(=O)COC(=O)c2cc(S(=O)(=O)N(C)C)ccc2Cl)c1C. The number of sulfonamides is 1. The number of hydrogen-bond acceptors (Lipinski definition) is 7. The van der Waals surface area contributed by atoms with Crippen molar-refractivity contribution in [3.8, 4) is 0 Å². The average molecular weight is 471 g/mol. The Hall–Kier alpha value is -2.69. The molecular weight excluding hydrogens is 448 g/mol. The monoisotopic (exact) mass is 470 g/mol. The lowest BCUT2D eigenvalue weighted by atomic mass is 10.1. The first kappa shape index (κ1) is 24.6. The number of ketones is 1. The van der Waals surface area contributed by atoms with E-state index in [1.54, 1.807) is 20.8 Å². The number of carbonyl (C=O) groups is 3. The first-order valence-electron chi connectivity index (χ1n) is 9.20. The van der Waals surface area contributed by atoms with E-state index in [0.717, 1.165) is 10.4 Å². The molecule has 31 heavy (non-hydrogen) atoms. The summed E-state index contributed by atoms with van der Waals surface area (Å²) in [6, 6.07) is 3.62. The van der Waals surface area contributed by atoms with E-state index in [0.29, 0.717) is 11.3 Å². The van der Waals surface area contributed by atoms with Gasteiger partial charge >= 0.3 is 11.9 Å². The molecule has 0 aliphatic carbocycles. The number of benzene rings is 1. The molecule has 0 radical (unpaired) electrons. The zero-order valence-corrected chi connectivity index (χ0v) is 19.3. The average Bonchev–Trinajstić information content (AvgIpc) is 3.00. The molecule has 1 aromatic heterocycles. The van der Waals surface area contributed by atoms with Crippen LogP contribution in [0, 0.1) is 13.8 Å². The summed E-state index contributed by atoms with van der Waals surface area (Å²) in [4.78, 5) is 39.7. The molecule has 0 saturated heterocycles. The molecule has 0 aliphatic rings. The van der Waals surface area contributed by atoms with Gasteiger partial charge in [0.2, 0.25) is 15.8 Å². The van der Waals surface area contributed by atoms with Crippen LogP contribution < -0.4 is 0 Å². The number of H-pyrrole nitrogens is 1. The lowest BCUT2D eigenvalue weighted by molar-refractivity contribution is 0.0472. The second kappa shape index (κ2) is 9.63. The smallest absolute Gasteiger partial charge is 0.340 e. The maximum absolute atomic E-state index is 12.6. The van der Waals surface area contributed by atoms with Crippen molar-refractivity contribution in [3.05, 3.63) is 51.3 Å². The number of aromatic nitrogens is 1. The van der Waals surface area contributed by atoms with Gasteiger partial charge in [0.1, 0.15) is 0 Å². The van der Waals surface area contributed by atoms with Crippen LogP contribution in [0.2, 0.25) is 5.02 Å². The number of rotatable bonds is 8. The lowest BCUT2D eigenvalue weighted by Gasteiger charge is -2.13. The second-order valence-corrected chi connectivity index (χ2v) is 9.33. The number of nitrogens with one attached hydrogen (secondary N) is 1. The minimum Gasteiger partial charge on any atom is -0.462 e. The quantitative estimate of drug-likeness (QED) is 0.464. The molecule has 1 aromatic carbocycles. The van der Waals surface area contributed by atoms with Crippen LogP contribution in [0.3, 0.4) is 0 Å². The van der Waals surface area contributed by atoms with Gasteiger partial charge in [0, 0.05) is 19.8 Å². The van der Waals surface area contributed by atoms with Crippen LogP contribution in [0.15, 0.2) is 23.1 Å². The van der Waals surface area contributed by atoms with Crippen LogP contribution in [-0.4, -0.2) is 62.7 Å². The van der Waals surface area contributed by atoms with E-state index in [1.807, 2.05) is 0 Å². The second-order valence-electron chi connectivity index (χ2n) is 6.77. The van der Waals surface area contributed by atoms with Gasteiger partial charge in [0.05, 0.1) is 33.3 Å². The molecule has 11 heteroatoms. The van der Waals surface area contributed by atoms with E-state index in [-0.39, 0.29) is 33.3 Å². The van der Waals surface area contributed by atoms with Gasteiger partial charge in [-0.25, -0.2) is 22.3 Å². The van der Waals surface area contributed by atoms with Gasteiger partial charge in [-0.3, -0.25) is 4.79 Å². The van der Waals surface area contributed by atoms with Crippen LogP contribution in [0.25, 0.3) is 0 Å². The van der Waals surface area contributed by atoms with Gasteiger partial charge in [-0.05, 0) is 44.5 Å². The Morgan fingerprint density at radius 2 is 1.74 bits per heavy atom. The number of hydrogen-bond donors (Lipinski definition) is 1. The zero-order valence-electron chi connectivity index (χ0n) is 17.7. The number of nitrogens with zero attached hydrogens (tertiary/aromatic N) is 1. The Balaban J connectivity index is 2.21. The summed E-state index contributed by atoms with van der Waals surface area (Å²) in [7, 11) is -1.09. The van der Waals surface area contributed by atoms with E-state index in [1.165, 1.54) is 26.2 Å². The molecule has 0 unspecified atom stereocenters. The third kappa shape index (κ3) is 5.15. The number of aryl methyl sites for hydroxylation is 1. The number of Topliss-reactive ketones (excluding diaryl/α,β-unsaturated/α-hetero) is 1. The van der Waals surface area contributed by atoms with Gasteiger partial charge in [0.15, 0.2) is 6.61 Å². The van der Waals surface area contributed by atoms with Crippen molar-refractivity contribution in [2.24, 2.45) is 0 Å². The minimum atomic E-state index is -3.79. The van der Waals surface area contributed by atoms with Gasteiger partial charge in [-0.1, -0.05) is 11.6 Å². The Bertz CT molecular complexity index is 1140. The molecule has 0 bridgehead atoms. The third-order valence-corrected chi connectivity index (χ3v) is 6.61. The van der Waals surface area contributed by atoms with Crippen LogP contribution in [0.5, 0.6) is 0 Å². The summed E-state index contributed by atoms with van der Waals surface area (Å²) >= 11 is 6.02. The highest BCUT2D eigenvalue weighted by atomic mass is 35.5. The molecule has 2 aromatic rings. The molecule has 1 N–H and O–H groups in total. The van der Waals surface area contributed by atoms with Crippen molar-refractivity contribution in [2.75, 3.05) is 27.3 Å². The van der Waals surface area contributed by atoms with Crippen molar-refractivity contribution < 1.29 is 32.3 Å². The maximum atomic E-state index is 12.6. The van der Waals surface area contributed by atoms with E-state index in [9.17, 15) is 22.8 Å². The van der Waals surface area contributed by atoms with E-state index in [2.05, 4.69) is 4.98 Å². The standard InChI is InChI=1S/C20H23ClN2O7S/c1-6-29-20(26)17-11(2)18(22-12(17)3)16(24)10-30-19(25)14-9-13(7-8-15(14)21)31(27,28)23(4)5/h7-9,22H,6,10H2,1-5H3. The predicted octanol–water partition coefficient (Wildman–Crippen LogP) is 2.75. The summed E-state index contributed by atoms with van der Waals surface area (Å²) in [5.41, 5.74) is 1.01. The number of carbonyl (C=O) groups excluding carboxylic acids is 3. The molecule has 1 heterocycles. The summed E-state index contributed by atoms with van der Waals surface area (Å²) in [6.45, 7) is 4.43. The molecule has 9 nitrogen and oxygen atoms in total. The van der Waals surface area contributed by atoms with E-state index in [4.69, 9.17) is 21.1 Å². The lowest BCUT2D eigenvalue weighted by Crippen LogP contribution is -2.23. The van der Waals surface area contributed by atoms with E-state index < -0.39 is 34.4 Å². The Labute approximate surface area is 185 Å². The molecule has 0 amide bonds. The Morgan fingerprint density at radius 1 is 1.10 bits per heavy atom. The van der Waals surface area contributed by atoms with Crippen LogP contribution >= 0.6 is 11.6 Å². The molecule has 0 fully saturated rings. The fraction of sp³-hybridized carbons (Fsp3) is 0.350. The van der Waals surface area contributed by atoms with Crippen molar-refractivity contribution in [1.82, 2.24) is 9.29 Å². The van der Waals surface area contributed by atoms with Crippen molar-refractivity contribution >= 4 is 39.3 Å². The third-order valence-electron chi connectivity index (χ3n) is 4.47. The molecule has 0 saturated carbocycles. The Morgan fingerprint density at radius 3 is 2.32 bits per heavy atom.